The van der Waals surface area contributed by atoms with Gasteiger partial charge in [0.25, 0.3) is 0 Å². The summed E-state index contributed by atoms with van der Waals surface area (Å²) in [4.78, 5) is 10.5. The number of carbonyl (C=O) groups excluding carboxylic acids is 1. The van der Waals surface area contributed by atoms with Crippen LogP contribution < -0.4 is 16.4 Å². The Bertz CT molecular complexity index is 404. The standard InChI is InChI=1S/C11H20BrN5O/c1-3-8-10(12)9(17(4-2)16-8)7-14-5-6-15-11(13)18/h14H,3-7H2,1-2H3,(H3,13,15,18). The first-order valence-electron chi connectivity index (χ1n) is 6.08. The maximum atomic E-state index is 10.5. The third-order valence-corrected chi connectivity index (χ3v) is 3.50. The number of nitrogens with zero attached hydrogens (tertiary/aromatic N) is 2. The minimum Gasteiger partial charge on any atom is -0.352 e. The van der Waals surface area contributed by atoms with E-state index in [1.165, 1.54) is 0 Å². The number of nitrogens with one attached hydrogen (secondary N) is 2. The Labute approximate surface area is 115 Å². The van der Waals surface area contributed by atoms with E-state index in [0.29, 0.717) is 19.6 Å². The van der Waals surface area contributed by atoms with Crippen molar-refractivity contribution in [3.8, 4) is 0 Å². The number of aryl methyl sites for hydroxylation is 2. The van der Waals surface area contributed by atoms with E-state index >= 15 is 0 Å². The molecule has 6 nitrogen and oxygen atoms in total. The number of amides is 2. The monoisotopic (exact) mass is 317 g/mol. The van der Waals surface area contributed by atoms with Crippen molar-refractivity contribution in [2.24, 2.45) is 5.73 Å². The van der Waals surface area contributed by atoms with Crippen molar-refractivity contribution < 1.29 is 4.79 Å². The van der Waals surface area contributed by atoms with Gasteiger partial charge in [-0.3, -0.25) is 4.68 Å². The van der Waals surface area contributed by atoms with Gasteiger partial charge in [0.05, 0.1) is 15.9 Å². The van der Waals surface area contributed by atoms with Gasteiger partial charge in [-0.1, -0.05) is 6.92 Å². The predicted octanol–water partition coefficient (Wildman–Crippen LogP) is 0.986. The van der Waals surface area contributed by atoms with Gasteiger partial charge < -0.3 is 16.4 Å². The van der Waals surface area contributed by atoms with Crippen molar-refractivity contribution in [2.75, 3.05) is 13.1 Å². The van der Waals surface area contributed by atoms with Crippen molar-refractivity contribution in [3.05, 3.63) is 15.9 Å². The van der Waals surface area contributed by atoms with Crippen molar-refractivity contribution in [3.63, 3.8) is 0 Å². The van der Waals surface area contributed by atoms with E-state index in [-0.39, 0.29) is 0 Å². The van der Waals surface area contributed by atoms with Crippen molar-refractivity contribution in [2.45, 2.75) is 33.4 Å². The number of halogens is 1. The molecule has 102 valence electrons. The fourth-order valence-corrected chi connectivity index (χ4v) is 2.37. The maximum Gasteiger partial charge on any atom is 0.312 e. The minimum absolute atomic E-state index is 0.496. The van der Waals surface area contributed by atoms with Gasteiger partial charge in [0.15, 0.2) is 0 Å². The molecule has 1 rings (SSSR count). The van der Waals surface area contributed by atoms with Gasteiger partial charge in [-0.15, -0.1) is 0 Å². The molecule has 0 radical (unpaired) electrons. The molecule has 0 saturated carbocycles. The van der Waals surface area contributed by atoms with Gasteiger partial charge in [-0.05, 0) is 29.3 Å². The van der Waals surface area contributed by atoms with Crippen molar-refractivity contribution in [1.29, 1.82) is 0 Å². The molecule has 1 aromatic heterocycles. The van der Waals surface area contributed by atoms with Gasteiger partial charge in [-0.2, -0.15) is 5.10 Å². The number of hydrogen-bond donors (Lipinski definition) is 3. The summed E-state index contributed by atoms with van der Waals surface area (Å²) < 4.78 is 3.06. The molecule has 0 aliphatic rings. The second-order valence-electron chi connectivity index (χ2n) is 3.84. The molecular formula is C11H20BrN5O. The van der Waals surface area contributed by atoms with Crippen LogP contribution >= 0.6 is 15.9 Å². The van der Waals surface area contributed by atoms with Crippen molar-refractivity contribution >= 4 is 22.0 Å². The van der Waals surface area contributed by atoms with E-state index in [0.717, 1.165) is 28.8 Å². The second-order valence-corrected chi connectivity index (χ2v) is 4.64. The average Bonchev–Trinajstić information content (AvgIpc) is 2.65. The van der Waals surface area contributed by atoms with Crippen LogP contribution in [0.2, 0.25) is 0 Å². The van der Waals surface area contributed by atoms with E-state index in [1.54, 1.807) is 0 Å². The normalized spacial score (nSPS) is 10.6. The molecule has 0 unspecified atom stereocenters. The number of rotatable bonds is 7. The predicted molar refractivity (Wildman–Crippen MR) is 74.3 cm³/mol. The third kappa shape index (κ3) is 3.99. The molecule has 0 aliphatic heterocycles. The lowest BCUT2D eigenvalue weighted by atomic mass is 10.3. The van der Waals surface area contributed by atoms with E-state index in [9.17, 15) is 4.79 Å². The van der Waals surface area contributed by atoms with Crippen LogP contribution in [0.3, 0.4) is 0 Å². The molecule has 0 aliphatic carbocycles. The summed E-state index contributed by atoms with van der Waals surface area (Å²) in [6.07, 6.45) is 0.907. The van der Waals surface area contributed by atoms with Gasteiger partial charge in [0.2, 0.25) is 0 Å². The van der Waals surface area contributed by atoms with Crippen LogP contribution in [0.25, 0.3) is 0 Å². The lowest BCUT2D eigenvalue weighted by Crippen LogP contribution is -2.35. The molecule has 1 heterocycles. The van der Waals surface area contributed by atoms with Gasteiger partial charge in [0, 0.05) is 26.2 Å². The molecule has 1 aromatic rings. The van der Waals surface area contributed by atoms with E-state index in [4.69, 9.17) is 5.73 Å². The zero-order valence-electron chi connectivity index (χ0n) is 10.8. The third-order valence-electron chi connectivity index (χ3n) is 2.59. The number of urea groups is 1. The SMILES string of the molecule is CCc1nn(CC)c(CNCCNC(N)=O)c1Br. The summed E-state index contributed by atoms with van der Waals surface area (Å²) >= 11 is 3.58. The molecule has 0 atom stereocenters. The van der Waals surface area contributed by atoms with Crippen LogP contribution in [-0.2, 0) is 19.5 Å². The van der Waals surface area contributed by atoms with Gasteiger partial charge in [-0.25, -0.2) is 4.79 Å². The molecule has 2 amide bonds. The first-order valence-corrected chi connectivity index (χ1v) is 6.87. The maximum absolute atomic E-state index is 10.5. The molecule has 4 N–H and O–H groups in total. The molecule has 7 heteroatoms. The van der Waals surface area contributed by atoms with Gasteiger partial charge in [0.1, 0.15) is 0 Å². The zero-order chi connectivity index (χ0) is 13.5. The topological polar surface area (TPSA) is 85.0 Å². The number of nitrogens with two attached hydrogens (primary N) is 1. The summed E-state index contributed by atoms with van der Waals surface area (Å²) in [5.74, 6) is 0. The van der Waals surface area contributed by atoms with E-state index in [1.807, 2.05) is 4.68 Å². The molecule has 0 fully saturated rings. The van der Waals surface area contributed by atoms with Crippen LogP contribution in [0, 0.1) is 0 Å². The van der Waals surface area contributed by atoms with Crippen LogP contribution in [0.4, 0.5) is 4.79 Å². The molecule has 0 aromatic carbocycles. The Morgan fingerprint density at radius 3 is 2.72 bits per heavy atom. The van der Waals surface area contributed by atoms with E-state index in [2.05, 4.69) is 45.5 Å². The molecule has 0 bridgehead atoms. The summed E-state index contributed by atoms with van der Waals surface area (Å²) in [5, 5.41) is 10.3. The Morgan fingerprint density at radius 1 is 1.44 bits per heavy atom. The second kappa shape index (κ2) is 7.38. The Morgan fingerprint density at radius 2 is 2.17 bits per heavy atom. The van der Waals surface area contributed by atoms with Crippen LogP contribution in [0.1, 0.15) is 25.2 Å². The highest BCUT2D eigenvalue weighted by molar-refractivity contribution is 9.10. The smallest absolute Gasteiger partial charge is 0.312 e. The summed E-state index contributed by atoms with van der Waals surface area (Å²) in [5.41, 5.74) is 7.18. The minimum atomic E-state index is -0.496. The first-order chi connectivity index (χ1) is 8.60. The largest absolute Gasteiger partial charge is 0.352 e. The fourth-order valence-electron chi connectivity index (χ4n) is 1.67. The van der Waals surface area contributed by atoms with Crippen LogP contribution in [0.5, 0.6) is 0 Å². The molecule has 0 spiro atoms. The van der Waals surface area contributed by atoms with E-state index < -0.39 is 6.03 Å². The molecular weight excluding hydrogens is 298 g/mol. The Balaban J connectivity index is 2.50. The quantitative estimate of drug-likeness (QED) is 0.655. The highest BCUT2D eigenvalue weighted by Gasteiger charge is 2.12. The summed E-state index contributed by atoms with van der Waals surface area (Å²) in [7, 11) is 0. The molecule has 18 heavy (non-hydrogen) atoms. The number of carbonyl (C=O) groups is 1. The number of hydrogen-bond acceptors (Lipinski definition) is 3. The van der Waals surface area contributed by atoms with Crippen molar-refractivity contribution in [1.82, 2.24) is 20.4 Å². The zero-order valence-corrected chi connectivity index (χ0v) is 12.4. The van der Waals surface area contributed by atoms with Crippen LogP contribution in [-0.4, -0.2) is 28.9 Å². The average molecular weight is 318 g/mol. The first kappa shape index (κ1) is 15.0. The summed E-state index contributed by atoms with van der Waals surface area (Å²) in [6, 6.07) is -0.496. The lowest BCUT2D eigenvalue weighted by Gasteiger charge is -2.07. The molecule has 0 saturated heterocycles. The number of primary amides is 1. The lowest BCUT2D eigenvalue weighted by molar-refractivity contribution is 0.249. The highest BCUT2D eigenvalue weighted by atomic mass is 79.9. The number of aromatic nitrogens is 2. The van der Waals surface area contributed by atoms with Crippen LogP contribution in [0.15, 0.2) is 4.47 Å². The summed E-state index contributed by atoms with van der Waals surface area (Å²) in [6.45, 7) is 6.90. The Hall–Kier alpha value is -1.08. The highest BCUT2D eigenvalue weighted by Crippen LogP contribution is 2.21. The Kier molecular flexibility index (Phi) is 6.14. The van der Waals surface area contributed by atoms with Gasteiger partial charge >= 0.3 is 6.03 Å². The fraction of sp³-hybridized carbons (Fsp3) is 0.636.